The largest absolute Gasteiger partial charge is 0.355 e. The van der Waals surface area contributed by atoms with Crippen LogP contribution in [0.4, 0.5) is 4.39 Å². The first-order valence-corrected chi connectivity index (χ1v) is 12.6. The van der Waals surface area contributed by atoms with E-state index in [1.54, 1.807) is 13.0 Å². The van der Waals surface area contributed by atoms with Gasteiger partial charge in [0, 0.05) is 25.4 Å². The second kappa shape index (κ2) is 11.7. The molecule has 0 aromatic heterocycles. The van der Waals surface area contributed by atoms with E-state index in [1.165, 1.54) is 11.6 Å². The molecule has 2 aromatic rings. The Morgan fingerprint density at radius 1 is 1.06 bits per heavy atom. The number of nitrogens with zero attached hydrogens (tertiary/aromatic N) is 1. The fourth-order valence-electron chi connectivity index (χ4n) is 4.91. The van der Waals surface area contributed by atoms with Crippen molar-refractivity contribution < 1.29 is 14.0 Å². The van der Waals surface area contributed by atoms with E-state index in [4.69, 9.17) is 0 Å². The van der Waals surface area contributed by atoms with Crippen LogP contribution in [0.1, 0.15) is 80.8 Å². The zero-order valence-corrected chi connectivity index (χ0v) is 21.1. The van der Waals surface area contributed by atoms with Crippen LogP contribution >= 0.6 is 0 Å². The van der Waals surface area contributed by atoms with Crippen LogP contribution in [0.5, 0.6) is 0 Å². The molecule has 2 atom stereocenters. The Morgan fingerprint density at radius 2 is 1.74 bits per heavy atom. The summed E-state index contributed by atoms with van der Waals surface area (Å²) >= 11 is 0. The SMILES string of the molecule is CCC(=O)c1ccc(C[C@@H](CNC(=O)C[C@@H](c2ccccc2)C(C)(C)C)N2CCCC2)cc1F. The van der Waals surface area contributed by atoms with Crippen molar-refractivity contribution in [2.24, 2.45) is 5.41 Å². The first-order chi connectivity index (χ1) is 16.2. The number of carbonyl (C=O) groups excluding carboxylic acids is 2. The molecule has 4 nitrogen and oxygen atoms in total. The lowest BCUT2D eigenvalue weighted by Gasteiger charge is -2.32. The highest BCUT2D eigenvalue weighted by molar-refractivity contribution is 5.96. The summed E-state index contributed by atoms with van der Waals surface area (Å²) in [5.41, 5.74) is 2.15. The number of carbonyl (C=O) groups is 2. The molecule has 2 aromatic carbocycles. The van der Waals surface area contributed by atoms with Crippen molar-refractivity contribution in [3.63, 3.8) is 0 Å². The summed E-state index contributed by atoms with van der Waals surface area (Å²) in [4.78, 5) is 27.3. The maximum Gasteiger partial charge on any atom is 0.220 e. The number of Topliss-reactive ketones (excluding diaryl/α,β-unsaturated/α-hetero) is 1. The molecule has 0 aliphatic carbocycles. The Hall–Kier alpha value is -2.53. The van der Waals surface area contributed by atoms with Crippen molar-refractivity contribution in [1.82, 2.24) is 10.2 Å². The summed E-state index contributed by atoms with van der Waals surface area (Å²) in [6.45, 7) is 10.8. The molecule has 0 bridgehead atoms. The topological polar surface area (TPSA) is 49.4 Å². The second-order valence-electron chi connectivity index (χ2n) is 10.5. The van der Waals surface area contributed by atoms with E-state index in [9.17, 15) is 14.0 Å². The van der Waals surface area contributed by atoms with Gasteiger partial charge in [0.2, 0.25) is 5.91 Å². The lowest BCUT2D eigenvalue weighted by molar-refractivity contribution is -0.122. The van der Waals surface area contributed by atoms with Crippen molar-refractivity contribution in [2.45, 2.75) is 71.8 Å². The molecule has 0 radical (unpaired) electrons. The zero-order valence-electron chi connectivity index (χ0n) is 21.1. The summed E-state index contributed by atoms with van der Waals surface area (Å²) in [5.74, 6) is -0.469. The first-order valence-electron chi connectivity index (χ1n) is 12.6. The smallest absolute Gasteiger partial charge is 0.220 e. The van der Waals surface area contributed by atoms with Gasteiger partial charge in [-0.3, -0.25) is 14.5 Å². The maximum absolute atomic E-state index is 14.5. The number of benzene rings is 2. The number of halogens is 1. The van der Waals surface area contributed by atoms with Crippen LogP contribution in [-0.4, -0.2) is 42.3 Å². The number of rotatable bonds is 10. The summed E-state index contributed by atoms with van der Waals surface area (Å²) in [6, 6.07) is 15.3. The van der Waals surface area contributed by atoms with E-state index in [0.29, 0.717) is 19.4 Å². The van der Waals surface area contributed by atoms with Crippen molar-refractivity contribution in [1.29, 1.82) is 0 Å². The minimum atomic E-state index is -0.454. The van der Waals surface area contributed by atoms with Gasteiger partial charge in [0.1, 0.15) is 5.82 Å². The van der Waals surface area contributed by atoms with E-state index in [0.717, 1.165) is 31.5 Å². The maximum atomic E-state index is 14.5. The highest BCUT2D eigenvalue weighted by Gasteiger charge is 2.29. The molecule has 1 fully saturated rings. The summed E-state index contributed by atoms with van der Waals surface area (Å²) in [6.07, 6.45) is 3.64. The molecule has 34 heavy (non-hydrogen) atoms. The first kappa shape index (κ1) is 26.1. The van der Waals surface area contributed by atoms with Crippen LogP contribution < -0.4 is 5.32 Å². The molecule has 5 heteroatoms. The normalized spacial score (nSPS) is 16.3. The average molecular weight is 467 g/mol. The van der Waals surface area contributed by atoms with E-state index < -0.39 is 5.82 Å². The number of amides is 1. The lowest BCUT2D eigenvalue weighted by atomic mass is 9.74. The Morgan fingerprint density at radius 3 is 2.32 bits per heavy atom. The molecule has 1 N–H and O–H groups in total. The van der Waals surface area contributed by atoms with Gasteiger partial charge in [-0.1, -0.05) is 64.1 Å². The highest BCUT2D eigenvalue weighted by atomic mass is 19.1. The number of likely N-dealkylation sites (tertiary alicyclic amines) is 1. The fourth-order valence-corrected chi connectivity index (χ4v) is 4.91. The minimum Gasteiger partial charge on any atom is -0.355 e. The van der Waals surface area contributed by atoms with Crippen molar-refractivity contribution in [3.05, 3.63) is 71.0 Å². The van der Waals surface area contributed by atoms with Crippen LogP contribution in [0, 0.1) is 11.2 Å². The van der Waals surface area contributed by atoms with Gasteiger partial charge in [0.25, 0.3) is 0 Å². The van der Waals surface area contributed by atoms with Gasteiger partial charge < -0.3 is 5.32 Å². The second-order valence-corrected chi connectivity index (χ2v) is 10.5. The molecule has 3 rings (SSSR count). The monoisotopic (exact) mass is 466 g/mol. The third kappa shape index (κ3) is 6.99. The highest BCUT2D eigenvalue weighted by Crippen LogP contribution is 2.37. The predicted octanol–water partition coefficient (Wildman–Crippen LogP) is 5.76. The molecule has 0 saturated carbocycles. The summed E-state index contributed by atoms with van der Waals surface area (Å²) in [7, 11) is 0. The molecule has 1 aliphatic rings. The molecule has 1 heterocycles. The van der Waals surface area contributed by atoms with Crippen LogP contribution in [0.2, 0.25) is 0 Å². The summed E-state index contributed by atoms with van der Waals surface area (Å²) in [5, 5.41) is 3.18. The quantitative estimate of drug-likeness (QED) is 0.453. The predicted molar refractivity (Wildman–Crippen MR) is 136 cm³/mol. The van der Waals surface area contributed by atoms with Crippen LogP contribution in [0.15, 0.2) is 48.5 Å². The molecule has 1 aliphatic heterocycles. The molecule has 1 saturated heterocycles. The van der Waals surface area contributed by atoms with Gasteiger partial charge in [0.15, 0.2) is 5.78 Å². The van der Waals surface area contributed by atoms with Crippen LogP contribution in [0.25, 0.3) is 0 Å². The van der Waals surface area contributed by atoms with Crippen molar-refractivity contribution in [3.8, 4) is 0 Å². The molecular formula is C29H39FN2O2. The lowest BCUT2D eigenvalue weighted by Crippen LogP contribution is -2.44. The van der Waals surface area contributed by atoms with Gasteiger partial charge in [-0.05, 0) is 66.9 Å². The van der Waals surface area contributed by atoms with Gasteiger partial charge >= 0.3 is 0 Å². The Labute approximate surface area is 203 Å². The van der Waals surface area contributed by atoms with Crippen LogP contribution in [-0.2, 0) is 11.2 Å². The number of ketones is 1. The molecule has 1 amide bonds. The van der Waals surface area contributed by atoms with Crippen LogP contribution in [0.3, 0.4) is 0 Å². The third-order valence-corrected chi connectivity index (χ3v) is 6.96. The number of hydrogen-bond acceptors (Lipinski definition) is 3. The van der Waals surface area contributed by atoms with Crippen molar-refractivity contribution in [2.75, 3.05) is 19.6 Å². The summed E-state index contributed by atoms with van der Waals surface area (Å²) < 4.78 is 14.5. The third-order valence-electron chi connectivity index (χ3n) is 6.96. The molecule has 184 valence electrons. The molecular weight excluding hydrogens is 427 g/mol. The van der Waals surface area contributed by atoms with Gasteiger partial charge in [0.05, 0.1) is 5.56 Å². The fraction of sp³-hybridized carbons (Fsp3) is 0.517. The van der Waals surface area contributed by atoms with Crippen molar-refractivity contribution >= 4 is 11.7 Å². The average Bonchev–Trinajstić information content (AvgIpc) is 3.34. The van der Waals surface area contributed by atoms with E-state index >= 15 is 0 Å². The van der Waals surface area contributed by atoms with E-state index in [2.05, 4.69) is 43.1 Å². The number of nitrogens with one attached hydrogen (secondary N) is 1. The van der Waals surface area contributed by atoms with E-state index in [-0.39, 0.29) is 41.0 Å². The van der Waals surface area contributed by atoms with Gasteiger partial charge in [-0.2, -0.15) is 0 Å². The Kier molecular flexibility index (Phi) is 9.01. The standard InChI is InChI=1S/C29H39FN2O2/c1-5-27(33)24-14-13-21(18-26(24)30)17-23(32-15-9-10-16-32)20-31-28(34)19-25(29(2,3)4)22-11-7-6-8-12-22/h6-8,11-14,18,23,25H,5,9-10,15-17,19-20H2,1-4H3,(H,31,34)/t23-,25-/m0/s1. The van der Waals surface area contributed by atoms with Gasteiger partial charge in [-0.25, -0.2) is 4.39 Å². The van der Waals surface area contributed by atoms with Gasteiger partial charge in [-0.15, -0.1) is 0 Å². The molecule has 0 spiro atoms. The minimum absolute atomic E-state index is 0.0394. The number of hydrogen-bond donors (Lipinski definition) is 1. The van der Waals surface area contributed by atoms with E-state index in [1.807, 2.05) is 24.3 Å². The Bertz CT molecular complexity index is 962. The molecule has 0 unspecified atom stereocenters. The zero-order chi connectivity index (χ0) is 24.7. The Balaban J connectivity index is 1.67.